The Bertz CT molecular complexity index is 596. The molecule has 3 nitrogen and oxygen atoms in total. The summed E-state index contributed by atoms with van der Waals surface area (Å²) in [4.78, 5) is 12.1. The average molecular weight is 290 g/mol. The molecule has 0 heterocycles. The summed E-state index contributed by atoms with van der Waals surface area (Å²) in [6.07, 6.45) is 0. The number of carbonyl (C=O) groups excluding carboxylic acids is 1. The lowest BCUT2D eigenvalue weighted by molar-refractivity contribution is 0.0940. The van der Waals surface area contributed by atoms with Crippen molar-refractivity contribution in [1.82, 2.24) is 5.32 Å². The number of halogens is 1. The van der Waals surface area contributed by atoms with Crippen LogP contribution in [0.2, 0.25) is 5.02 Å². The Kier molecular flexibility index (Phi) is 4.64. The maximum Gasteiger partial charge on any atom is 0.251 e. The van der Waals surface area contributed by atoms with E-state index >= 15 is 0 Å². The van der Waals surface area contributed by atoms with Crippen molar-refractivity contribution in [1.29, 1.82) is 0 Å². The predicted molar refractivity (Wildman–Crippen MR) is 80.3 cm³/mol. The highest BCUT2D eigenvalue weighted by Crippen LogP contribution is 2.22. The summed E-state index contributed by atoms with van der Waals surface area (Å²) in [5, 5.41) is 3.57. The number of hydrogen-bond donors (Lipinski definition) is 1. The Morgan fingerprint density at radius 1 is 1.15 bits per heavy atom. The SMILES string of the molecule is COc1ccc(C(=O)NC(C)c2ccccc2Cl)cc1. The van der Waals surface area contributed by atoms with Crippen LogP contribution in [0.5, 0.6) is 5.75 Å². The Morgan fingerprint density at radius 2 is 1.80 bits per heavy atom. The fraction of sp³-hybridized carbons (Fsp3) is 0.188. The van der Waals surface area contributed by atoms with Crippen molar-refractivity contribution in [3.63, 3.8) is 0 Å². The van der Waals surface area contributed by atoms with Gasteiger partial charge in [0.05, 0.1) is 13.2 Å². The van der Waals surface area contributed by atoms with Crippen LogP contribution in [0.4, 0.5) is 0 Å². The van der Waals surface area contributed by atoms with Crippen LogP contribution in [0.3, 0.4) is 0 Å². The van der Waals surface area contributed by atoms with E-state index in [2.05, 4.69) is 5.32 Å². The molecule has 2 aromatic rings. The Balaban J connectivity index is 2.09. The van der Waals surface area contributed by atoms with Crippen LogP contribution in [0.1, 0.15) is 28.9 Å². The fourth-order valence-electron chi connectivity index (χ4n) is 1.93. The molecule has 104 valence electrons. The van der Waals surface area contributed by atoms with Crippen LogP contribution in [-0.4, -0.2) is 13.0 Å². The van der Waals surface area contributed by atoms with Gasteiger partial charge in [-0.3, -0.25) is 4.79 Å². The van der Waals surface area contributed by atoms with E-state index < -0.39 is 0 Å². The summed E-state index contributed by atoms with van der Waals surface area (Å²) in [6, 6.07) is 14.3. The summed E-state index contributed by atoms with van der Waals surface area (Å²) < 4.78 is 5.07. The number of methoxy groups -OCH3 is 1. The van der Waals surface area contributed by atoms with Gasteiger partial charge in [-0.1, -0.05) is 29.8 Å². The molecular weight excluding hydrogens is 274 g/mol. The van der Waals surface area contributed by atoms with Gasteiger partial charge >= 0.3 is 0 Å². The number of amides is 1. The van der Waals surface area contributed by atoms with E-state index in [0.29, 0.717) is 10.6 Å². The predicted octanol–water partition coefficient (Wildman–Crippen LogP) is 3.84. The lowest BCUT2D eigenvalue weighted by atomic mass is 10.1. The van der Waals surface area contributed by atoms with Crippen molar-refractivity contribution < 1.29 is 9.53 Å². The number of carbonyl (C=O) groups is 1. The molecule has 0 aromatic heterocycles. The molecule has 0 fully saturated rings. The summed E-state index contributed by atoms with van der Waals surface area (Å²) in [6.45, 7) is 1.91. The molecule has 4 heteroatoms. The minimum Gasteiger partial charge on any atom is -0.497 e. The van der Waals surface area contributed by atoms with Gasteiger partial charge in [0.1, 0.15) is 5.75 Å². The lowest BCUT2D eigenvalue weighted by Crippen LogP contribution is -2.26. The van der Waals surface area contributed by atoms with Crippen molar-refractivity contribution in [3.8, 4) is 5.75 Å². The van der Waals surface area contributed by atoms with E-state index in [9.17, 15) is 4.79 Å². The number of ether oxygens (including phenoxy) is 1. The van der Waals surface area contributed by atoms with Crippen LogP contribution < -0.4 is 10.1 Å². The number of benzene rings is 2. The zero-order valence-electron chi connectivity index (χ0n) is 11.4. The third kappa shape index (κ3) is 3.31. The average Bonchev–Trinajstić information content (AvgIpc) is 2.47. The molecule has 2 rings (SSSR count). The summed E-state index contributed by atoms with van der Waals surface area (Å²) in [5.74, 6) is 0.584. The first-order chi connectivity index (χ1) is 9.61. The summed E-state index contributed by atoms with van der Waals surface area (Å²) >= 11 is 6.12. The quantitative estimate of drug-likeness (QED) is 0.929. The van der Waals surface area contributed by atoms with E-state index in [-0.39, 0.29) is 11.9 Å². The van der Waals surface area contributed by atoms with Gasteiger partial charge in [-0.15, -0.1) is 0 Å². The highest BCUT2D eigenvalue weighted by molar-refractivity contribution is 6.31. The van der Waals surface area contributed by atoms with Gasteiger partial charge in [0.2, 0.25) is 0 Å². The Morgan fingerprint density at radius 3 is 2.40 bits per heavy atom. The minimum absolute atomic E-state index is 0.139. The monoisotopic (exact) mass is 289 g/mol. The third-order valence-electron chi connectivity index (χ3n) is 3.07. The lowest BCUT2D eigenvalue weighted by Gasteiger charge is -2.15. The van der Waals surface area contributed by atoms with Crippen LogP contribution in [0.15, 0.2) is 48.5 Å². The minimum atomic E-state index is -0.154. The normalized spacial score (nSPS) is 11.8. The molecule has 2 aromatic carbocycles. The molecule has 0 spiro atoms. The zero-order valence-corrected chi connectivity index (χ0v) is 12.1. The van der Waals surface area contributed by atoms with E-state index in [1.54, 1.807) is 31.4 Å². The van der Waals surface area contributed by atoms with Crippen molar-refractivity contribution in [2.75, 3.05) is 7.11 Å². The van der Waals surface area contributed by atoms with Crippen LogP contribution in [0, 0.1) is 0 Å². The van der Waals surface area contributed by atoms with Gasteiger partial charge in [0, 0.05) is 10.6 Å². The van der Waals surface area contributed by atoms with E-state index in [4.69, 9.17) is 16.3 Å². The zero-order chi connectivity index (χ0) is 14.5. The maximum atomic E-state index is 12.1. The molecule has 0 aliphatic carbocycles. The molecule has 1 unspecified atom stereocenters. The van der Waals surface area contributed by atoms with E-state index in [1.165, 1.54) is 0 Å². The highest BCUT2D eigenvalue weighted by atomic mass is 35.5. The second-order valence-electron chi connectivity index (χ2n) is 4.45. The topological polar surface area (TPSA) is 38.3 Å². The molecule has 0 aliphatic rings. The molecule has 20 heavy (non-hydrogen) atoms. The smallest absolute Gasteiger partial charge is 0.251 e. The Labute approximate surface area is 123 Å². The van der Waals surface area contributed by atoms with Crippen molar-refractivity contribution >= 4 is 17.5 Å². The van der Waals surface area contributed by atoms with Gasteiger partial charge in [-0.05, 0) is 42.8 Å². The Hall–Kier alpha value is -2.00. The first-order valence-electron chi connectivity index (χ1n) is 6.31. The van der Waals surface area contributed by atoms with Crippen LogP contribution in [-0.2, 0) is 0 Å². The van der Waals surface area contributed by atoms with Gasteiger partial charge < -0.3 is 10.1 Å². The van der Waals surface area contributed by atoms with Crippen molar-refractivity contribution in [2.45, 2.75) is 13.0 Å². The maximum absolute atomic E-state index is 12.1. The number of hydrogen-bond acceptors (Lipinski definition) is 2. The third-order valence-corrected chi connectivity index (χ3v) is 3.42. The fourth-order valence-corrected chi connectivity index (χ4v) is 2.23. The number of rotatable bonds is 4. The molecule has 1 amide bonds. The standard InChI is InChI=1S/C16H16ClNO2/c1-11(14-5-3-4-6-15(14)17)18-16(19)12-7-9-13(20-2)10-8-12/h3-11H,1-2H3,(H,18,19). The van der Waals surface area contributed by atoms with Crippen LogP contribution >= 0.6 is 11.6 Å². The first-order valence-corrected chi connectivity index (χ1v) is 6.69. The van der Waals surface area contributed by atoms with E-state index in [0.717, 1.165) is 11.3 Å². The molecular formula is C16H16ClNO2. The molecule has 0 radical (unpaired) electrons. The highest BCUT2D eigenvalue weighted by Gasteiger charge is 2.13. The van der Waals surface area contributed by atoms with Crippen molar-refractivity contribution in [2.24, 2.45) is 0 Å². The summed E-state index contributed by atoms with van der Waals surface area (Å²) in [7, 11) is 1.59. The first kappa shape index (κ1) is 14.4. The molecule has 0 aliphatic heterocycles. The molecule has 1 atom stereocenters. The van der Waals surface area contributed by atoms with Crippen LogP contribution in [0.25, 0.3) is 0 Å². The largest absolute Gasteiger partial charge is 0.497 e. The second-order valence-corrected chi connectivity index (χ2v) is 4.85. The molecule has 0 saturated carbocycles. The molecule has 0 saturated heterocycles. The summed E-state index contributed by atoms with van der Waals surface area (Å²) in [5.41, 5.74) is 1.49. The number of nitrogens with one attached hydrogen (secondary N) is 1. The molecule has 0 bridgehead atoms. The van der Waals surface area contributed by atoms with Gasteiger partial charge in [0.25, 0.3) is 5.91 Å². The van der Waals surface area contributed by atoms with Gasteiger partial charge in [0.15, 0.2) is 0 Å². The second kappa shape index (κ2) is 6.44. The molecule has 1 N–H and O–H groups in total. The van der Waals surface area contributed by atoms with Crippen molar-refractivity contribution in [3.05, 3.63) is 64.7 Å². The van der Waals surface area contributed by atoms with Gasteiger partial charge in [-0.25, -0.2) is 0 Å². The van der Waals surface area contributed by atoms with E-state index in [1.807, 2.05) is 31.2 Å². The van der Waals surface area contributed by atoms with Gasteiger partial charge in [-0.2, -0.15) is 0 Å².